The van der Waals surface area contributed by atoms with Gasteiger partial charge in [0.1, 0.15) is 11.5 Å². The summed E-state index contributed by atoms with van der Waals surface area (Å²) < 4.78 is 37.9. The van der Waals surface area contributed by atoms with Gasteiger partial charge in [-0.1, -0.05) is 17.7 Å². The summed E-state index contributed by atoms with van der Waals surface area (Å²) in [5.41, 5.74) is 3.06. The van der Waals surface area contributed by atoms with Gasteiger partial charge < -0.3 is 14.5 Å². The normalized spacial score (nSPS) is 16.5. The molecule has 1 aromatic heterocycles. The summed E-state index contributed by atoms with van der Waals surface area (Å²) in [6.07, 6.45) is 2.94. The van der Waals surface area contributed by atoms with Crippen molar-refractivity contribution in [2.24, 2.45) is 5.10 Å². The fraction of sp³-hybridized carbons (Fsp3) is 0.350. The first-order valence-electron chi connectivity index (χ1n) is 9.71. The number of furan rings is 1. The molecule has 1 atom stereocenters. The molecular formula is C20H24N4O6S. The minimum atomic E-state index is -3.67. The summed E-state index contributed by atoms with van der Waals surface area (Å²) in [6.45, 7) is 2.75. The van der Waals surface area contributed by atoms with Gasteiger partial charge in [0.2, 0.25) is 10.0 Å². The van der Waals surface area contributed by atoms with Gasteiger partial charge in [0.25, 0.3) is 0 Å². The van der Waals surface area contributed by atoms with Gasteiger partial charge >= 0.3 is 11.8 Å². The largest absolute Gasteiger partial charge is 0.459 e. The van der Waals surface area contributed by atoms with Crippen molar-refractivity contribution >= 4 is 28.1 Å². The predicted octanol–water partition coefficient (Wildman–Crippen LogP) is 0.812. The number of benzene rings is 1. The van der Waals surface area contributed by atoms with Crippen molar-refractivity contribution in [1.29, 1.82) is 0 Å². The third kappa shape index (κ3) is 6.74. The van der Waals surface area contributed by atoms with Crippen molar-refractivity contribution in [2.75, 3.05) is 13.2 Å². The monoisotopic (exact) mass is 448 g/mol. The molecule has 31 heavy (non-hydrogen) atoms. The molecule has 0 unspecified atom stereocenters. The van der Waals surface area contributed by atoms with E-state index in [0.29, 0.717) is 12.4 Å². The van der Waals surface area contributed by atoms with Crippen molar-refractivity contribution in [2.45, 2.75) is 37.3 Å². The molecule has 0 aliphatic carbocycles. The zero-order valence-electron chi connectivity index (χ0n) is 17.0. The van der Waals surface area contributed by atoms with Crippen LogP contribution in [0.15, 0.2) is 50.8 Å². The fourth-order valence-corrected chi connectivity index (χ4v) is 3.82. The summed E-state index contributed by atoms with van der Waals surface area (Å²) in [6, 6.07) is 9.62. The molecular weight excluding hydrogens is 424 g/mol. The van der Waals surface area contributed by atoms with Crippen LogP contribution in [0.2, 0.25) is 0 Å². The van der Waals surface area contributed by atoms with E-state index in [1.807, 2.05) is 6.92 Å². The van der Waals surface area contributed by atoms with Crippen molar-refractivity contribution in [3.63, 3.8) is 0 Å². The lowest BCUT2D eigenvalue weighted by molar-refractivity contribution is -0.139. The van der Waals surface area contributed by atoms with Gasteiger partial charge in [-0.05, 0) is 44.0 Å². The molecule has 0 bridgehead atoms. The molecule has 2 aromatic rings. The summed E-state index contributed by atoms with van der Waals surface area (Å²) in [4.78, 5) is 23.6. The van der Waals surface area contributed by atoms with Gasteiger partial charge in [-0.15, -0.1) is 0 Å². The molecule has 1 aliphatic rings. The van der Waals surface area contributed by atoms with Crippen molar-refractivity contribution in [3.05, 3.63) is 53.5 Å². The van der Waals surface area contributed by atoms with E-state index in [4.69, 9.17) is 9.15 Å². The second-order valence-corrected chi connectivity index (χ2v) is 8.75. The first-order valence-corrected chi connectivity index (χ1v) is 11.2. The summed E-state index contributed by atoms with van der Waals surface area (Å²) >= 11 is 0. The quantitative estimate of drug-likeness (QED) is 0.310. The number of sulfonamides is 1. The van der Waals surface area contributed by atoms with E-state index >= 15 is 0 Å². The highest BCUT2D eigenvalue weighted by atomic mass is 32.2. The van der Waals surface area contributed by atoms with Gasteiger partial charge in [0.15, 0.2) is 0 Å². The number of hydrogen-bond donors (Lipinski definition) is 3. The number of nitrogens with one attached hydrogen (secondary N) is 3. The number of aryl methyl sites for hydroxylation is 1. The molecule has 2 amide bonds. The van der Waals surface area contributed by atoms with Crippen LogP contribution < -0.4 is 15.5 Å². The van der Waals surface area contributed by atoms with Crippen molar-refractivity contribution in [3.8, 4) is 0 Å². The third-order valence-electron chi connectivity index (χ3n) is 4.53. The highest BCUT2D eigenvalue weighted by molar-refractivity contribution is 7.89. The van der Waals surface area contributed by atoms with Gasteiger partial charge in [-0.2, -0.15) is 5.10 Å². The second-order valence-electron chi connectivity index (χ2n) is 6.99. The standard InChI is InChI=1S/C20H24N4O6S/c1-14-4-8-18(9-5-14)31(27,28)23-13-17-7-6-16(30-17)12-22-24-20(26)19(25)21-11-15-3-2-10-29-15/h4-9,12,15,23H,2-3,10-11,13H2,1H3,(H,21,25)(H,24,26)/b22-12+/t15-/m0/s1. The first kappa shape index (κ1) is 22.7. The van der Waals surface area contributed by atoms with E-state index in [-0.39, 0.29) is 29.8 Å². The summed E-state index contributed by atoms with van der Waals surface area (Å²) in [5, 5.41) is 6.16. The molecule has 0 saturated carbocycles. The molecule has 1 aliphatic heterocycles. The molecule has 0 spiro atoms. The molecule has 0 radical (unpaired) electrons. The lowest BCUT2D eigenvalue weighted by Gasteiger charge is -2.09. The smallest absolute Gasteiger partial charge is 0.329 e. The van der Waals surface area contributed by atoms with E-state index in [0.717, 1.165) is 18.4 Å². The SMILES string of the molecule is Cc1ccc(S(=O)(=O)NCc2ccc(/C=N/NC(=O)C(=O)NC[C@@H]3CCCO3)o2)cc1. The zero-order valence-corrected chi connectivity index (χ0v) is 17.8. The van der Waals surface area contributed by atoms with E-state index in [9.17, 15) is 18.0 Å². The molecule has 166 valence electrons. The molecule has 1 saturated heterocycles. The second kappa shape index (κ2) is 10.3. The van der Waals surface area contributed by atoms with E-state index < -0.39 is 21.8 Å². The van der Waals surface area contributed by atoms with Crippen molar-refractivity contribution < 1.29 is 27.2 Å². The van der Waals surface area contributed by atoms with Gasteiger partial charge in [-0.25, -0.2) is 18.6 Å². The van der Waals surface area contributed by atoms with Crippen LogP contribution in [0.4, 0.5) is 0 Å². The Kier molecular flexibility index (Phi) is 7.55. The van der Waals surface area contributed by atoms with E-state index in [2.05, 4.69) is 20.6 Å². The maximum atomic E-state index is 12.3. The Morgan fingerprint density at radius 1 is 1.16 bits per heavy atom. The van der Waals surface area contributed by atoms with Crippen LogP contribution in [0, 0.1) is 6.92 Å². The Hall–Kier alpha value is -3.02. The topological polar surface area (TPSA) is 139 Å². The van der Waals surface area contributed by atoms with Gasteiger partial charge in [0.05, 0.1) is 23.8 Å². The highest BCUT2D eigenvalue weighted by Crippen LogP contribution is 2.12. The Balaban J connectivity index is 1.44. The Morgan fingerprint density at radius 2 is 1.94 bits per heavy atom. The zero-order chi connectivity index (χ0) is 22.3. The number of hydrazone groups is 1. The van der Waals surface area contributed by atoms with Crippen LogP contribution in [0.25, 0.3) is 0 Å². The van der Waals surface area contributed by atoms with Crippen LogP contribution in [0.5, 0.6) is 0 Å². The van der Waals surface area contributed by atoms with Crippen LogP contribution in [0.3, 0.4) is 0 Å². The van der Waals surface area contributed by atoms with Crippen molar-refractivity contribution in [1.82, 2.24) is 15.5 Å². The Bertz CT molecular complexity index is 1040. The van der Waals surface area contributed by atoms with Crippen LogP contribution >= 0.6 is 0 Å². The molecule has 11 heteroatoms. The molecule has 10 nitrogen and oxygen atoms in total. The molecule has 1 aromatic carbocycles. The van der Waals surface area contributed by atoms with Crippen LogP contribution in [-0.2, 0) is 30.9 Å². The Morgan fingerprint density at radius 3 is 2.65 bits per heavy atom. The Labute approximate surface area is 180 Å². The molecule has 3 N–H and O–H groups in total. The maximum Gasteiger partial charge on any atom is 0.329 e. The maximum absolute atomic E-state index is 12.3. The minimum Gasteiger partial charge on any atom is -0.459 e. The van der Waals surface area contributed by atoms with Crippen LogP contribution in [0.1, 0.15) is 29.9 Å². The number of carbonyl (C=O) groups is 2. The number of nitrogens with zero attached hydrogens (tertiary/aromatic N) is 1. The average molecular weight is 449 g/mol. The average Bonchev–Trinajstić information content (AvgIpc) is 3.43. The molecule has 1 fully saturated rings. The molecule has 2 heterocycles. The first-order chi connectivity index (χ1) is 14.8. The fourth-order valence-electron chi connectivity index (χ4n) is 2.82. The lowest BCUT2D eigenvalue weighted by Crippen LogP contribution is -2.41. The highest BCUT2D eigenvalue weighted by Gasteiger charge is 2.19. The van der Waals surface area contributed by atoms with Gasteiger partial charge in [-0.3, -0.25) is 9.59 Å². The number of hydrogen-bond acceptors (Lipinski definition) is 7. The minimum absolute atomic E-state index is 0.0535. The molecule has 3 rings (SSSR count). The number of rotatable bonds is 8. The number of carbonyl (C=O) groups excluding carboxylic acids is 2. The number of amides is 2. The number of ether oxygens (including phenoxy) is 1. The van der Waals surface area contributed by atoms with Crippen LogP contribution in [-0.4, -0.2) is 45.7 Å². The summed E-state index contributed by atoms with van der Waals surface area (Å²) in [5.74, 6) is -1.08. The van der Waals surface area contributed by atoms with E-state index in [1.54, 1.807) is 24.3 Å². The lowest BCUT2D eigenvalue weighted by atomic mass is 10.2. The van der Waals surface area contributed by atoms with E-state index in [1.165, 1.54) is 18.3 Å². The third-order valence-corrected chi connectivity index (χ3v) is 5.95. The predicted molar refractivity (Wildman–Crippen MR) is 112 cm³/mol. The summed E-state index contributed by atoms with van der Waals surface area (Å²) in [7, 11) is -3.67. The van der Waals surface area contributed by atoms with Gasteiger partial charge in [0, 0.05) is 13.2 Å².